The van der Waals surface area contributed by atoms with Gasteiger partial charge in [-0.1, -0.05) is 27.7 Å². The smallest absolute Gasteiger partial charge is 0.306 e. The second-order valence-corrected chi connectivity index (χ2v) is 11.7. The van der Waals surface area contributed by atoms with Gasteiger partial charge in [0.2, 0.25) is 0 Å². The molecule has 4 aliphatic rings. The average Bonchev–Trinajstić information content (AvgIpc) is 2.98. The van der Waals surface area contributed by atoms with Crippen molar-refractivity contribution in [2.24, 2.45) is 34.5 Å². The number of alkyl halides is 3. The van der Waals surface area contributed by atoms with Gasteiger partial charge in [-0.15, -0.1) is 11.6 Å². The number of carbonyl (C=O) groups is 3. The number of ether oxygens (including phenoxy) is 1. The Kier molecular flexibility index (Phi) is 6.05. The standard InChI is InChI=1S/C25H35ClF2O5/c1-5-21(32)33-25(20(31)12-26)13(2)8-15-16-10-18(27)17-9-14(29)6-7-22(17,3)24(16,28)19(30)11-23(15,25)4/h13,15-19,30H,5-12H2,1-4H3/t13?,15-,16-,17?,18?,19?,22-,23-,24-,25-/m0/s1. The molecular weight excluding hydrogens is 454 g/mol. The second-order valence-electron chi connectivity index (χ2n) is 11.4. The van der Waals surface area contributed by atoms with E-state index in [4.69, 9.17) is 16.3 Å². The molecule has 0 aromatic rings. The van der Waals surface area contributed by atoms with Gasteiger partial charge in [-0.05, 0) is 31.6 Å². The minimum atomic E-state index is -2.10. The van der Waals surface area contributed by atoms with Crippen molar-refractivity contribution in [2.75, 3.05) is 5.88 Å². The van der Waals surface area contributed by atoms with Crippen LogP contribution >= 0.6 is 11.6 Å². The van der Waals surface area contributed by atoms with Crippen molar-refractivity contribution in [1.29, 1.82) is 0 Å². The maximum Gasteiger partial charge on any atom is 0.306 e. The molecule has 0 bridgehead atoms. The fraction of sp³-hybridized carbons (Fsp3) is 0.880. The van der Waals surface area contributed by atoms with Crippen LogP contribution in [0.4, 0.5) is 8.78 Å². The Morgan fingerprint density at radius 3 is 2.45 bits per heavy atom. The van der Waals surface area contributed by atoms with E-state index in [-0.39, 0.29) is 50.2 Å². The fourth-order valence-electron chi connectivity index (χ4n) is 8.57. The molecular formula is C25H35ClF2O5. The first-order valence-electron chi connectivity index (χ1n) is 12.2. The highest BCUT2D eigenvalue weighted by Crippen LogP contribution is 2.72. The molecule has 4 rings (SSSR count). The monoisotopic (exact) mass is 488 g/mol. The zero-order valence-electron chi connectivity index (χ0n) is 19.8. The van der Waals surface area contributed by atoms with Gasteiger partial charge in [0.1, 0.15) is 17.6 Å². The lowest BCUT2D eigenvalue weighted by atomic mass is 9.41. The first-order chi connectivity index (χ1) is 15.3. The molecule has 4 saturated carbocycles. The number of hydrogen-bond donors (Lipinski definition) is 1. The number of rotatable bonds is 4. The van der Waals surface area contributed by atoms with E-state index in [0.29, 0.717) is 6.42 Å². The van der Waals surface area contributed by atoms with Crippen LogP contribution < -0.4 is 0 Å². The molecule has 0 saturated heterocycles. The summed E-state index contributed by atoms with van der Waals surface area (Å²) in [4.78, 5) is 37.9. The van der Waals surface area contributed by atoms with Crippen molar-refractivity contribution in [3.05, 3.63) is 0 Å². The maximum atomic E-state index is 17.3. The molecule has 0 heterocycles. The van der Waals surface area contributed by atoms with Gasteiger partial charge >= 0.3 is 5.97 Å². The summed E-state index contributed by atoms with van der Waals surface area (Å²) < 4.78 is 38.8. The topological polar surface area (TPSA) is 80.7 Å². The molecule has 8 heteroatoms. The molecule has 5 nitrogen and oxygen atoms in total. The summed E-state index contributed by atoms with van der Waals surface area (Å²) in [6, 6.07) is 0. The predicted molar refractivity (Wildman–Crippen MR) is 118 cm³/mol. The number of carbonyl (C=O) groups excluding carboxylic acids is 3. The summed E-state index contributed by atoms with van der Waals surface area (Å²) in [5, 5.41) is 11.4. The molecule has 0 spiro atoms. The highest BCUT2D eigenvalue weighted by Gasteiger charge is 2.78. The normalized spacial score (nSPS) is 51.3. The van der Waals surface area contributed by atoms with Gasteiger partial charge in [-0.3, -0.25) is 14.4 Å². The van der Waals surface area contributed by atoms with Crippen LogP contribution in [-0.4, -0.2) is 52.1 Å². The highest BCUT2D eigenvalue weighted by molar-refractivity contribution is 6.29. The van der Waals surface area contributed by atoms with Gasteiger partial charge in [-0.25, -0.2) is 8.78 Å². The number of Topliss-reactive ketones (excluding diaryl/α,β-unsaturated/α-hetero) is 2. The lowest BCUT2D eigenvalue weighted by Crippen LogP contribution is -2.73. The van der Waals surface area contributed by atoms with Crippen LogP contribution in [0.1, 0.15) is 72.6 Å². The molecule has 0 aromatic carbocycles. The zero-order chi connectivity index (χ0) is 24.6. The summed E-state index contributed by atoms with van der Waals surface area (Å²) in [6.45, 7) is 6.87. The van der Waals surface area contributed by atoms with Crippen LogP contribution in [0.15, 0.2) is 0 Å². The predicted octanol–water partition coefficient (Wildman–Crippen LogP) is 4.36. The Bertz CT molecular complexity index is 868. The molecule has 0 radical (unpaired) electrons. The molecule has 0 aromatic heterocycles. The zero-order valence-corrected chi connectivity index (χ0v) is 20.6. The highest BCUT2D eigenvalue weighted by atomic mass is 35.5. The van der Waals surface area contributed by atoms with E-state index in [1.807, 2.05) is 0 Å². The average molecular weight is 489 g/mol. The largest absolute Gasteiger partial charge is 0.450 e. The number of aliphatic hydroxyl groups is 1. The number of esters is 1. The van der Waals surface area contributed by atoms with E-state index in [2.05, 4.69) is 0 Å². The summed E-state index contributed by atoms with van der Waals surface area (Å²) in [6.07, 6.45) is -2.30. The van der Waals surface area contributed by atoms with Crippen molar-refractivity contribution < 1.29 is 33.0 Å². The van der Waals surface area contributed by atoms with Crippen LogP contribution in [0.5, 0.6) is 0 Å². The van der Waals surface area contributed by atoms with Gasteiger partial charge < -0.3 is 9.84 Å². The molecule has 4 fully saturated rings. The van der Waals surface area contributed by atoms with Crippen LogP contribution in [0.25, 0.3) is 0 Å². The molecule has 33 heavy (non-hydrogen) atoms. The van der Waals surface area contributed by atoms with Gasteiger partial charge in [0, 0.05) is 47.8 Å². The van der Waals surface area contributed by atoms with Crippen LogP contribution in [0, 0.1) is 34.5 Å². The first kappa shape index (κ1) is 25.0. The first-order valence-corrected chi connectivity index (χ1v) is 12.7. The SMILES string of the molecule is CCC(=O)O[C@]1(C(=O)CCl)C(C)C[C@H]2[C@@H]3CC(F)C4CC(=O)CC[C@]4(C)[C@@]3(F)C(O)C[C@@]21C. The minimum absolute atomic E-state index is 0.0100. The third-order valence-electron chi connectivity index (χ3n) is 10.2. The summed E-state index contributed by atoms with van der Waals surface area (Å²) in [7, 11) is 0. The van der Waals surface area contributed by atoms with Crippen molar-refractivity contribution in [3.63, 3.8) is 0 Å². The maximum absolute atomic E-state index is 17.3. The Hall–Kier alpha value is -1.08. The van der Waals surface area contributed by atoms with E-state index in [0.717, 1.165) is 0 Å². The van der Waals surface area contributed by atoms with E-state index in [1.165, 1.54) is 0 Å². The number of hydrogen-bond acceptors (Lipinski definition) is 5. The fourth-order valence-corrected chi connectivity index (χ4v) is 8.77. The molecule has 10 atom stereocenters. The number of fused-ring (bicyclic) bond motifs is 5. The van der Waals surface area contributed by atoms with Gasteiger partial charge in [0.05, 0.1) is 12.0 Å². The number of ketones is 2. The molecule has 0 aliphatic heterocycles. The van der Waals surface area contributed by atoms with E-state index >= 15 is 8.78 Å². The van der Waals surface area contributed by atoms with Crippen LogP contribution in [0.3, 0.4) is 0 Å². The third-order valence-corrected chi connectivity index (χ3v) is 10.4. The molecule has 186 valence electrons. The summed E-state index contributed by atoms with van der Waals surface area (Å²) in [5.41, 5.74) is -5.97. The van der Waals surface area contributed by atoms with Crippen molar-refractivity contribution in [2.45, 2.75) is 96.2 Å². The van der Waals surface area contributed by atoms with Crippen LogP contribution in [-0.2, 0) is 19.1 Å². The Balaban J connectivity index is 1.84. The molecule has 4 unspecified atom stereocenters. The van der Waals surface area contributed by atoms with Crippen LogP contribution in [0.2, 0.25) is 0 Å². The Labute approximate surface area is 199 Å². The van der Waals surface area contributed by atoms with Crippen molar-refractivity contribution in [1.82, 2.24) is 0 Å². The molecule has 1 N–H and O–H groups in total. The quantitative estimate of drug-likeness (QED) is 0.470. The molecule has 4 aliphatic carbocycles. The van der Waals surface area contributed by atoms with Gasteiger partial charge in [-0.2, -0.15) is 0 Å². The lowest BCUT2D eigenvalue weighted by Gasteiger charge is -2.65. The Morgan fingerprint density at radius 2 is 1.85 bits per heavy atom. The van der Waals surface area contributed by atoms with Crippen molar-refractivity contribution in [3.8, 4) is 0 Å². The second kappa shape index (κ2) is 7.97. The van der Waals surface area contributed by atoms with Crippen molar-refractivity contribution >= 4 is 29.1 Å². The van der Waals surface area contributed by atoms with E-state index in [9.17, 15) is 19.5 Å². The lowest BCUT2D eigenvalue weighted by molar-refractivity contribution is -0.267. The third kappa shape index (κ3) is 3.00. The summed E-state index contributed by atoms with van der Waals surface area (Å²) in [5.74, 6) is -4.02. The van der Waals surface area contributed by atoms with Gasteiger partial charge in [0.15, 0.2) is 11.4 Å². The molecule has 0 amide bonds. The van der Waals surface area contributed by atoms with Gasteiger partial charge in [0.25, 0.3) is 0 Å². The number of aliphatic hydroxyl groups excluding tert-OH is 1. The minimum Gasteiger partial charge on any atom is -0.450 e. The van der Waals surface area contributed by atoms with E-state index in [1.54, 1.807) is 27.7 Å². The Morgan fingerprint density at radius 1 is 1.18 bits per heavy atom. The summed E-state index contributed by atoms with van der Waals surface area (Å²) >= 11 is 5.99. The number of halogens is 3. The van der Waals surface area contributed by atoms with E-state index < -0.39 is 69.8 Å².